The molecule has 1 unspecified atom stereocenters. The Hall–Kier alpha value is -5.80. The molecule has 0 aromatic heterocycles. The van der Waals surface area contributed by atoms with E-state index in [1.54, 1.807) is 22.3 Å². The zero-order valence-corrected chi connectivity index (χ0v) is 33.4. The Labute approximate surface area is 347 Å². The van der Waals surface area contributed by atoms with Crippen LogP contribution in [0.15, 0.2) is 152 Å². The molecule has 6 atom stereocenters. The normalized spacial score (nSPS) is 27.5. The Balaban J connectivity index is 1.11. The number of fused-ring (bicyclic) bond motifs is 21. The minimum Gasteiger partial charge on any atom is -0.311 e. The number of para-hydroxylation sites is 3. The van der Waals surface area contributed by atoms with Gasteiger partial charge in [-0.05, 0) is 160 Å². The maximum atomic E-state index is 2.77. The van der Waals surface area contributed by atoms with E-state index < -0.39 is 0 Å². The summed E-state index contributed by atoms with van der Waals surface area (Å²) in [7, 11) is 0. The molecule has 15 rings (SSSR count). The molecule has 7 aromatic rings. The summed E-state index contributed by atoms with van der Waals surface area (Å²) in [5.74, 6) is 3.03. The first-order valence-electron chi connectivity index (χ1n) is 22.6. The van der Waals surface area contributed by atoms with Crippen LogP contribution < -0.4 is 26.2 Å². The number of anilines is 6. The van der Waals surface area contributed by atoms with Crippen molar-refractivity contribution in [3.63, 3.8) is 0 Å². The van der Waals surface area contributed by atoms with Gasteiger partial charge in [-0.2, -0.15) is 0 Å². The molecule has 8 aliphatic rings. The highest BCUT2D eigenvalue weighted by Crippen LogP contribution is 2.69. The van der Waals surface area contributed by atoms with Crippen molar-refractivity contribution in [2.75, 3.05) is 9.80 Å². The van der Waals surface area contributed by atoms with Crippen molar-refractivity contribution in [3.05, 3.63) is 174 Å². The molecule has 2 nitrogen and oxygen atoms in total. The molecular formula is C56H45BN2. The summed E-state index contributed by atoms with van der Waals surface area (Å²) in [5.41, 5.74) is 24.7. The maximum absolute atomic E-state index is 2.77. The molecule has 2 spiro atoms. The fourth-order valence-electron chi connectivity index (χ4n) is 15.4. The average molecular weight is 757 g/mol. The van der Waals surface area contributed by atoms with E-state index in [0.717, 1.165) is 17.8 Å². The average Bonchev–Trinajstić information content (AvgIpc) is 4.17. The second-order valence-corrected chi connectivity index (χ2v) is 19.6. The number of nitrogens with zero attached hydrogens (tertiary/aromatic N) is 2. The predicted molar refractivity (Wildman–Crippen MR) is 244 cm³/mol. The second-order valence-electron chi connectivity index (χ2n) is 19.6. The van der Waals surface area contributed by atoms with Gasteiger partial charge >= 0.3 is 0 Å². The fourth-order valence-corrected chi connectivity index (χ4v) is 15.4. The molecule has 4 saturated carbocycles. The van der Waals surface area contributed by atoms with Gasteiger partial charge in [-0.15, -0.1) is 0 Å². The van der Waals surface area contributed by atoms with Crippen LogP contribution in [0.25, 0.3) is 22.3 Å². The molecule has 0 N–H and O–H groups in total. The van der Waals surface area contributed by atoms with E-state index in [1.165, 1.54) is 124 Å². The van der Waals surface area contributed by atoms with Crippen LogP contribution in [0.3, 0.4) is 0 Å². The highest BCUT2D eigenvalue weighted by molar-refractivity contribution is 7.00. The summed E-state index contributed by atoms with van der Waals surface area (Å²) in [5, 5.41) is 0. The molecule has 59 heavy (non-hydrogen) atoms. The second kappa shape index (κ2) is 11.1. The number of rotatable bonds is 2. The van der Waals surface area contributed by atoms with Gasteiger partial charge in [0.05, 0.1) is 5.69 Å². The minimum absolute atomic E-state index is 0.0445. The summed E-state index contributed by atoms with van der Waals surface area (Å²) in [6.07, 6.45) is 10.8. The molecule has 2 heterocycles. The highest BCUT2D eigenvalue weighted by atomic mass is 15.2. The van der Waals surface area contributed by atoms with E-state index in [4.69, 9.17) is 0 Å². The fraction of sp³-hybridized carbons (Fsp3) is 0.250. The van der Waals surface area contributed by atoms with Crippen molar-refractivity contribution in [2.24, 2.45) is 23.7 Å². The lowest BCUT2D eigenvalue weighted by molar-refractivity contribution is 0.327. The largest absolute Gasteiger partial charge is 0.311 e. The third-order valence-corrected chi connectivity index (χ3v) is 17.3. The molecule has 0 radical (unpaired) electrons. The van der Waals surface area contributed by atoms with Crippen molar-refractivity contribution in [1.82, 2.24) is 0 Å². The predicted octanol–water partition coefficient (Wildman–Crippen LogP) is 11.9. The molecule has 4 bridgehead atoms. The Bertz CT molecular complexity index is 2970. The van der Waals surface area contributed by atoms with Gasteiger partial charge in [0.25, 0.3) is 6.71 Å². The first kappa shape index (κ1) is 32.1. The van der Waals surface area contributed by atoms with Crippen LogP contribution in [0.5, 0.6) is 0 Å². The molecule has 4 fully saturated rings. The molecule has 6 aliphatic carbocycles. The van der Waals surface area contributed by atoms with Crippen LogP contribution in [0.4, 0.5) is 34.1 Å². The Kier molecular flexibility index (Phi) is 6.02. The van der Waals surface area contributed by atoms with Crippen molar-refractivity contribution in [2.45, 2.75) is 62.2 Å². The molecular weight excluding hydrogens is 711 g/mol. The molecule has 0 amide bonds. The van der Waals surface area contributed by atoms with Gasteiger partial charge in [0, 0.05) is 44.8 Å². The lowest BCUT2D eigenvalue weighted by Gasteiger charge is -2.46. The van der Waals surface area contributed by atoms with Crippen LogP contribution in [0.1, 0.15) is 73.6 Å². The molecule has 3 heteroatoms. The van der Waals surface area contributed by atoms with Crippen LogP contribution in [-0.2, 0) is 10.8 Å². The summed E-state index contributed by atoms with van der Waals surface area (Å²) >= 11 is 0. The van der Waals surface area contributed by atoms with Crippen LogP contribution in [0, 0.1) is 23.7 Å². The van der Waals surface area contributed by atoms with Gasteiger partial charge in [-0.1, -0.05) is 122 Å². The van der Waals surface area contributed by atoms with Crippen LogP contribution >= 0.6 is 0 Å². The SMILES string of the molecule is c1ccc(N2c3cc4c(cc3B3c5ccccc5N(c5ccccc5)c5c3c2cc2c5-c3ccccc3[C@@]23C[C@@H]2CCC3C2)[C@]2(C[C@H]3CC[C@@H]2C3)c2ccccc2-4)cc1. The minimum atomic E-state index is 0.0445. The van der Waals surface area contributed by atoms with E-state index in [9.17, 15) is 0 Å². The Morgan fingerprint density at radius 1 is 0.441 bits per heavy atom. The van der Waals surface area contributed by atoms with E-state index in [-0.39, 0.29) is 17.5 Å². The lowest BCUT2D eigenvalue weighted by Crippen LogP contribution is -2.61. The summed E-state index contributed by atoms with van der Waals surface area (Å²) in [4.78, 5) is 5.39. The zero-order chi connectivity index (χ0) is 38.2. The zero-order valence-electron chi connectivity index (χ0n) is 33.4. The molecule has 2 aliphatic heterocycles. The summed E-state index contributed by atoms with van der Waals surface area (Å²) < 4.78 is 0. The van der Waals surface area contributed by atoms with Gasteiger partial charge < -0.3 is 9.80 Å². The van der Waals surface area contributed by atoms with Gasteiger partial charge in [0.1, 0.15) is 0 Å². The van der Waals surface area contributed by atoms with Gasteiger partial charge in [-0.25, -0.2) is 0 Å². The number of hydrogen-bond donors (Lipinski definition) is 0. The third-order valence-electron chi connectivity index (χ3n) is 17.3. The maximum Gasteiger partial charge on any atom is 0.252 e. The van der Waals surface area contributed by atoms with Crippen LogP contribution in [0.2, 0.25) is 0 Å². The molecule has 7 aromatic carbocycles. The van der Waals surface area contributed by atoms with Crippen molar-refractivity contribution in [1.29, 1.82) is 0 Å². The number of benzene rings is 7. The highest BCUT2D eigenvalue weighted by Gasteiger charge is 2.60. The summed E-state index contributed by atoms with van der Waals surface area (Å²) in [6, 6.07) is 59.5. The van der Waals surface area contributed by atoms with Gasteiger partial charge in [0.15, 0.2) is 0 Å². The van der Waals surface area contributed by atoms with Crippen molar-refractivity contribution < 1.29 is 0 Å². The van der Waals surface area contributed by atoms with Gasteiger partial charge in [0.2, 0.25) is 0 Å². The molecule has 0 saturated heterocycles. The quantitative estimate of drug-likeness (QED) is 0.162. The van der Waals surface area contributed by atoms with Crippen molar-refractivity contribution >= 4 is 57.2 Å². The third kappa shape index (κ3) is 3.75. The smallest absolute Gasteiger partial charge is 0.252 e. The van der Waals surface area contributed by atoms with E-state index in [1.807, 2.05) is 0 Å². The summed E-state index contributed by atoms with van der Waals surface area (Å²) in [6.45, 7) is 0.102. The Morgan fingerprint density at radius 3 is 1.71 bits per heavy atom. The first-order valence-corrected chi connectivity index (χ1v) is 22.6. The van der Waals surface area contributed by atoms with Crippen LogP contribution in [-0.4, -0.2) is 6.71 Å². The standard InChI is InChI=1S/C56H45BN2/c1-3-13-38(14-4-1)58-50-29-42-40-17-7-9-19-43(40)55(32-34-23-25-36(55)27-34)45(42)30-48(50)57-47-21-11-12-22-49(47)59(39-15-5-2-6-16-39)54-52-41-18-8-10-20-44(41)56(33-35-24-26-37(56)28-35)46(52)31-51(58)53(54)57/h1-22,29-31,34-37H,23-28,32-33H2/t34-,35+,36+,37?,55-,56-/m0/s1. The van der Waals surface area contributed by atoms with E-state index in [2.05, 4.69) is 161 Å². The van der Waals surface area contributed by atoms with E-state index >= 15 is 0 Å². The monoisotopic (exact) mass is 756 g/mol. The Morgan fingerprint density at radius 2 is 1.03 bits per heavy atom. The lowest BCUT2D eigenvalue weighted by atomic mass is 9.33. The topological polar surface area (TPSA) is 6.48 Å². The number of hydrogen-bond acceptors (Lipinski definition) is 2. The molecule has 282 valence electrons. The first-order chi connectivity index (χ1) is 29.2. The van der Waals surface area contributed by atoms with Crippen molar-refractivity contribution in [3.8, 4) is 22.3 Å². The van der Waals surface area contributed by atoms with E-state index in [0.29, 0.717) is 5.92 Å². The van der Waals surface area contributed by atoms with Gasteiger partial charge in [-0.3, -0.25) is 0 Å².